The number of hydrogen-bond acceptors (Lipinski definition) is 2. The Bertz CT molecular complexity index is 126. The Morgan fingerprint density at radius 1 is 1.89 bits per heavy atom. The molecule has 1 fully saturated rings. The smallest absolute Gasteiger partial charge is 0.408 e. The van der Waals surface area contributed by atoms with Crippen molar-refractivity contribution in [2.24, 2.45) is 0 Å². The minimum absolute atomic E-state index is 0.0116. The summed E-state index contributed by atoms with van der Waals surface area (Å²) in [4.78, 5) is 11.7. The molecule has 1 unspecified atom stereocenters. The van der Waals surface area contributed by atoms with Crippen molar-refractivity contribution in [3.05, 3.63) is 0 Å². The Morgan fingerprint density at radius 2 is 2.56 bits per heavy atom. The molecule has 1 amide bonds. The topological polar surface area (TPSA) is 52.6 Å². The van der Waals surface area contributed by atoms with Crippen LogP contribution in [0.4, 0.5) is 4.79 Å². The van der Waals surface area contributed by atoms with Gasteiger partial charge in [0.05, 0.1) is 6.17 Å². The van der Waals surface area contributed by atoms with E-state index in [1.807, 2.05) is 6.92 Å². The molecule has 0 aliphatic carbocycles. The molecule has 0 saturated carbocycles. The number of nitrogens with zero attached hydrogens (tertiary/aromatic N) is 1. The van der Waals surface area contributed by atoms with E-state index in [2.05, 4.69) is 5.32 Å². The molecule has 1 aliphatic heterocycles. The van der Waals surface area contributed by atoms with Gasteiger partial charge in [-0.15, -0.1) is 0 Å². The molecule has 1 heterocycles. The van der Waals surface area contributed by atoms with Gasteiger partial charge in [0.25, 0.3) is 0 Å². The Balaban J connectivity index is 2.49. The third-order valence-corrected chi connectivity index (χ3v) is 1.51. The van der Waals surface area contributed by atoms with Crippen molar-refractivity contribution in [1.82, 2.24) is 10.2 Å². The van der Waals surface area contributed by atoms with Crippen LogP contribution >= 0.6 is 0 Å². The van der Waals surface area contributed by atoms with Crippen LogP contribution in [0.2, 0.25) is 0 Å². The van der Waals surface area contributed by atoms with Gasteiger partial charge in [-0.1, -0.05) is 0 Å². The number of rotatable bonds is 0. The fourth-order valence-electron chi connectivity index (χ4n) is 0.959. The lowest BCUT2D eigenvalue weighted by molar-refractivity contribution is 0.141. The van der Waals surface area contributed by atoms with Gasteiger partial charge in [-0.05, 0) is 6.92 Å². The molecular formula is C5H10N2O2. The molecule has 4 nitrogen and oxygen atoms in total. The maximum Gasteiger partial charge on any atom is 0.408 e. The number of carboxylic acid groups (broad SMARTS) is 1. The van der Waals surface area contributed by atoms with Gasteiger partial charge in [0.1, 0.15) is 0 Å². The van der Waals surface area contributed by atoms with Gasteiger partial charge in [-0.2, -0.15) is 0 Å². The van der Waals surface area contributed by atoms with Crippen LogP contribution in [0, 0.1) is 0 Å². The lowest BCUT2D eigenvalue weighted by Gasteiger charge is -2.15. The van der Waals surface area contributed by atoms with Crippen LogP contribution < -0.4 is 5.32 Å². The predicted molar refractivity (Wildman–Crippen MR) is 32.2 cm³/mol. The standard InChI is InChI=1S/C5H10N2O2/c1-4-6-2-3-7(4)5(8)9/h4,6H,2-3H2,1H3,(H,8,9). The molecule has 1 atom stereocenters. The van der Waals surface area contributed by atoms with Crippen molar-refractivity contribution >= 4 is 6.09 Å². The van der Waals surface area contributed by atoms with Gasteiger partial charge in [0.15, 0.2) is 0 Å². The molecule has 0 aromatic heterocycles. The number of carbonyl (C=O) groups is 1. The second kappa shape index (κ2) is 2.23. The summed E-state index contributed by atoms with van der Waals surface area (Å²) in [6, 6.07) is 0. The van der Waals surface area contributed by atoms with Crippen LogP contribution in [-0.4, -0.2) is 35.4 Å². The van der Waals surface area contributed by atoms with Gasteiger partial charge in [0, 0.05) is 13.1 Å². The van der Waals surface area contributed by atoms with E-state index in [9.17, 15) is 4.79 Å². The normalized spacial score (nSPS) is 26.8. The first kappa shape index (κ1) is 6.35. The Hall–Kier alpha value is -0.770. The maximum atomic E-state index is 10.3. The summed E-state index contributed by atoms with van der Waals surface area (Å²) in [5, 5.41) is 11.5. The van der Waals surface area contributed by atoms with Crippen LogP contribution in [0.5, 0.6) is 0 Å². The van der Waals surface area contributed by atoms with Crippen molar-refractivity contribution in [2.45, 2.75) is 13.1 Å². The van der Waals surface area contributed by atoms with E-state index in [0.29, 0.717) is 6.54 Å². The quantitative estimate of drug-likeness (QED) is 0.482. The van der Waals surface area contributed by atoms with Crippen LogP contribution in [0.1, 0.15) is 6.92 Å². The molecule has 52 valence electrons. The second-order valence-electron chi connectivity index (χ2n) is 2.11. The zero-order valence-corrected chi connectivity index (χ0v) is 5.29. The Labute approximate surface area is 53.5 Å². The molecule has 0 spiro atoms. The average Bonchev–Trinajstić information content (AvgIpc) is 2.13. The van der Waals surface area contributed by atoms with E-state index in [0.717, 1.165) is 6.54 Å². The van der Waals surface area contributed by atoms with Gasteiger partial charge in [-0.3, -0.25) is 10.2 Å². The van der Waals surface area contributed by atoms with Crippen molar-refractivity contribution < 1.29 is 9.90 Å². The van der Waals surface area contributed by atoms with Gasteiger partial charge >= 0.3 is 6.09 Å². The maximum absolute atomic E-state index is 10.3. The first-order valence-corrected chi connectivity index (χ1v) is 2.95. The molecule has 0 aromatic carbocycles. The van der Waals surface area contributed by atoms with Gasteiger partial charge < -0.3 is 5.11 Å². The third-order valence-electron chi connectivity index (χ3n) is 1.51. The summed E-state index contributed by atoms with van der Waals surface area (Å²) in [6.07, 6.45) is -0.852. The molecule has 0 bridgehead atoms. The van der Waals surface area contributed by atoms with Crippen LogP contribution in [0.3, 0.4) is 0 Å². The van der Waals surface area contributed by atoms with E-state index in [-0.39, 0.29) is 6.17 Å². The van der Waals surface area contributed by atoms with Gasteiger partial charge in [-0.25, -0.2) is 4.79 Å². The average molecular weight is 130 g/mol. The molecule has 1 rings (SSSR count). The van der Waals surface area contributed by atoms with Crippen LogP contribution in [0.15, 0.2) is 0 Å². The summed E-state index contributed by atoms with van der Waals surface area (Å²) >= 11 is 0. The van der Waals surface area contributed by atoms with Crippen molar-refractivity contribution in [2.75, 3.05) is 13.1 Å². The van der Waals surface area contributed by atoms with Crippen LogP contribution in [-0.2, 0) is 0 Å². The molecule has 1 aliphatic rings. The first-order valence-electron chi connectivity index (χ1n) is 2.95. The second-order valence-corrected chi connectivity index (χ2v) is 2.11. The third kappa shape index (κ3) is 1.13. The fourth-order valence-corrected chi connectivity index (χ4v) is 0.959. The summed E-state index contributed by atoms with van der Waals surface area (Å²) < 4.78 is 0. The van der Waals surface area contributed by atoms with E-state index >= 15 is 0 Å². The molecule has 0 radical (unpaired) electrons. The summed E-state index contributed by atoms with van der Waals surface area (Å²) in [7, 11) is 0. The highest BCUT2D eigenvalue weighted by molar-refractivity contribution is 5.65. The zero-order valence-electron chi connectivity index (χ0n) is 5.29. The Kier molecular flexibility index (Phi) is 1.57. The van der Waals surface area contributed by atoms with Crippen LogP contribution in [0.25, 0.3) is 0 Å². The number of amides is 1. The molecule has 9 heavy (non-hydrogen) atoms. The monoisotopic (exact) mass is 130 g/mol. The predicted octanol–water partition coefficient (Wildman–Crippen LogP) is -0.0844. The van der Waals surface area contributed by atoms with Gasteiger partial charge in [0.2, 0.25) is 0 Å². The fraction of sp³-hybridized carbons (Fsp3) is 0.800. The van der Waals surface area contributed by atoms with Crippen molar-refractivity contribution in [3.63, 3.8) is 0 Å². The first-order chi connectivity index (χ1) is 4.22. The molecular weight excluding hydrogens is 120 g/mol. The SMILES string of the molecule is CC1NCCN1C(=O)O. The van der Waals surface area contributed by atoms with E-state index in [4.69, 9.17) is 5.11 Å². The lowest BCUT2D eigenvalue weighted by Crippen LogP contribution is -2.36. The van der Waals surface area contributed by atoms with E-state index in [1.165, 1.54) is 4.90 Å². The van der Waals surface area contributed by atoms with E-state index < -0.39 is 6.09 Å². The molecule has 4 heteroatoms. The number of nitrogens with one attached hydrogen (secondary N) is 1. The van der Waals surface area contributed by atoms with Crippen molar-refractivity contribution in [3.8, 4) is 0 Å². The summed E-state index contributed by atoms with van der Waals surface area (Å²) in [5.74, 6) is 0. The zero-order chi connectivity index (χ0) is 6.85. The van der Waals surface area contributed by atoms with E-state index in [1.54, 1.807) is 0 Å². The molecule has 2 N–H and O–H groups in total. The summed E-state index contributed by atoms with van der Waals surface area (Å²) in [6.45, 7) is 3.21. The highest BCUT2D eigenvalue weighted by atomic mass is 16.4. The molecule has 1 saturated heterocycles. The highest BCUT2D eigenvalue weighted by Crippen LogP contribution is 2.00. The molecule has 0 aromatic rings. The minimum Gasteiger partial charge on any atom is -0.465 e. The minimum atomic E-state index is -0.840. The largest absolute Gasteiger partial charge is 0.465 e. The number of hydrogen-bond donors (Lipinski definition) is 2. The highest BCUT2D eigenvalue weighted by Gasteiger charge is 2.23. The summed E-state index contributed by atoms with van der Waals surface area (Å²) in [5.41, 5.74) is 0. The lowest BCUT2D eigenvalue weighted by atomic mass is 10.5. The van der Waals surface area contributed by atoms with Crippen molar-refractivity contribution in [1.29, 1.82) is 0 Å². The Morgan fingerprint density at radius 3 is 2.78 bits per heavy atom.